The highest BCUT2D eigenvalue weighted by Crippen LogP contribution is 2.27. The van der Waals surface area contributed by atoms with Crippen molar-refractivity contribution in [3.8, 4) is 5.75 Å². The van der Waals surface area contributed by atoms with Crippen molar-refractivity contribution < 1.29 is 4.74 Å². The lowest BCUT2D eigenvalue weighted by Gasteiger charge is -2.19. The number of pyridine rings is 1. The molecule has 108 valence electrons. The van der Waals surface area contributed by atoms with Crippen molar-refractivity contribution in [3.63, 3.8) is 0 Å². The van der Waals surface area contributed by atoms with E-state index < -0.39 is 0 Å². The molecule has 0 radical (unpaired) electrons. The summed E-state index contributed by atoms with van der Waals surface area (Å²) in [6.45, 7) is 6.65. The van der Waals surface area contributed by atoms with Gasteiger partial charge in [0.05, 0.1) is 6.10 Å². The van der Waals surface area contributed by atoms with Crippen LogP contribution in [0, 0.1) is 5.92 Å². The number of para-hydroxylation sites is 1. The van der Waals surface area contributed by atoms with Crippen LogP contribution in [0.4, 0.5) is 5.82 Å². The van der Waals surface area contributed by atoms with Crippen LogP contribution in [0.25, 0.3) is 10.9 Å². The summed E-state index contributed by atoms with van der Waals surface area (Å²) in [5, 5.41) is 1.07. The first kappa shape index (κ1) is 14.6. The molecule has 0 saturated carbocycles. The average molecular weight is 272 g/mol. The van der Waals surface area contributed by atoms with E-state index in [2.05, 4.69) is 25.8 Å². The summed E-state index contributed by atoms with van der Waals surface area (Å²) >= 11 is 0. The van der Waals surface area contributed by atoms with E-state index in [1.165, 1.54) is 6.42 Å². The normalized spacial score (nSPS) is 12.8. The van der Waals surface area contributed by atoms with Gasteiger partial charge in [-0.15, -0.1) is 0 Å². The van der Waals surface area contributed by atoms with Gasteiger partial charge in [-0.2, -0.15) is 0 Å². The zero-order chi connectivity index (χ0) is 14.5. The molecule has 3 nitrogen and oxygen atoms in total. The Morgan fingerprint density at radius 1 is 1.15 bits per heavy atom. The van der Waals surface area contributed by atoms with Crippen molar-refractivity contribution in [1.82, 2.24) is 4.98 Å². The molecule has 1 atom stereocenters. The minimum atomic E-state index is 0.242. The van der Waals surface area contributed by atoms with Crippen LogP contribution in [-0.4, -0.2) is 11.1 Å². The Morgan fingerprint density at radius 2 is 1.95 bits per heavy atom. The molecule has 0 spiro atoms. The molecule has 0 aliphatic carbocycles. The number of hydrogen-bond donors (Lipinski definition) is 1. The van der Waals surface area contributed by atoms with Gasteiger partial charge in [-0.3, -0.25) is 0 Å². The van der Waals surface area contributed by atoms with Crippen LogP contribution < -0.4 is 10.5 Å². The first-order valence-electron chi connectivity index (χ1n) is 7.42. The van der Waals surface area contributed by atoms with E-state index >= 15 is 0 Å². The van der Waals surface area contributed by atoms with Gasteiger partial charge in [0.2, 0.25) is 0 Å². The summed E-state index contributed by atoms with van der Waals surface area (Å²) in [4.78, 5) is 4.41. The fourth-order valence-corrected chi connectivity index (χ4v) is 2.28. The molecule has 2 N–H and O–H groups in total. The maximum absolute atomic E-state index is 6.16. The fraction of sp³-hybridized carbons (Fsp3) is 0.471. The van der Waals surface area contributed by atoms with Crippen molar-refractivity contribution in [3.05, 3.63) is 30.3 Å². The Bertz CT molecular complexity index is 566. The van der Waals surface area contributed by atoms with Crippen LogP contribution in [0.5, 0.6) is 5.75 Å². The van der Waals surface area contributed by atoms with Gasteiger partial charge in [-0.05, 0) is 43.4 Å². The molecule has 2 aromatic rings. The van der Waals surface area contributed by atoms with Crippen LogP contribution in [-0.2, 0) is 0 Å². The number of hydrogen-bond acceptors (Lipinski definition) is 3. The number of ether oxygens (including phenoxy) is 1. The summed E-state index contributed by atoms with van der Waals surface area (Å²) in [7, 11) is 0. The van der Waals surface area contributed by atoms with Crippen LogP contribution in [0.3, 0.4) is 0 Å². The summed E-state index contributed by atoms with van der Waals surface area (Å²) in [5.74, 6) is 2.07. The predicted molar refractivity (Wildman–Crippen MR) is 84.9 cm³/mol. The second kappa shape index (κ2) is 6.60. The molecule has 2 rings (SSSR count). The quantitative estimate of drug-likeness (QED) is 0.847. The Balaban J connectivity index is 2.21. The molecule has 1 heterocycles. The SMILES string of the molecule is CCC(CCC(C)C)Oc1cccc2ccc(N)nc12. The van der Waals surface area contributed by atoms with Crippen LogP contribution in [0.2, 0.25) is 0 Å². The molecular formula is C17H24N2O. The molecule has 0 bridgehead atoms. The lowest BCUT2D eigenvalue weighted by atomic mass is 10.0. The van der Waals surface area contributed by atoms with Gasteiger partial charge < -0.3 is 10.5 Å². The molecule has 0 aliphatic rings. The number of nitrogens with zero attached hydrogens (tertiary/aromatic N) is 1. The number of nitrogen functional groups attached to an aromatic ring is 1. The maximum Gasteiger partial charge on any atom is 0.146 e. The van der Waals surface area contributed by atoms with Crippen LogP contribution in [0.1, 0.15) is 40.0 Å². The van der Waals surface area contributed by atoms with Crippen LogP contribution >= 0.6 is 0 Å². The zero-order valence-corrected chi connectivity index (χ0v) is 12.6. The number of nitrogens with two attached hydrogens (primary N) is 1. The topological polar surface area (TPSA) is 48.1 Å². The minimum Gasteiger partial charge on any atom is -0.488 e. The molecule has 1 aromatic carbocycles. The van der Waals surface area contributed by atoms with Gasteiger partial charge >= 0.3 is 0 Å². The molecule has 1 aromatic heterocycles. The largest absolute Gasteiger partial charge is 0.488 e. The van der Waals surface area contributed by atoms with E-state index in [0.29, 0.717) is 11.7 Å². The number of rotatable bonds is 6. The summed E-state index contributed by atoms with van der Waals surface area (Å²) < 4.78 is 6.16. The highest BCUT2D eigenvalue weighted by molar-refractivity contribution is 5.85. The predicted octanol–water partition coefficient (Wildman–Crippen LogP) is 4.41. The first-order chi connectivity index (χ1) is 9.60. The van der Waals surface area contributed by atoms with Gasteiger partial charge in [-0.25, -0.2) is 4.98 Å². The number of benzene rings is 1. The van der Waals surface area contributed by atoms with E-state index in [1.54, 1.807) is 0 Å². The van der Waals surface area contributed by atoms with Crippen molar-refractivity contribution in [1.29, 1.82) is 0 Å². The highest BCUT2D eigenvalue weighted by atomic mass is 16.5. The molecule has 0 aliphatic heterocycles. The van der Waals surface area contributed by atoms with E-state index in [9.17, 15) is 0 Å². The first-order valence-corrected chi connectivity index (χ1v) is 7.42. The molecule has 1 unspecified atom stereocenters. The van der Waals surface area contributed by atoms with E-state index in [-0.39, 0.29) is 6.10 Å². The summed E-state index contributed by atoms with van der Waals surface area (Å²) in [6, 6.07) is 9.82. The van der Waals surface area contributed by atoms with Crippen molar-refractivity contribution in [2.75, 3.05) is 5.73 Å². The second-order valence-electron chi connectivity index (χ2n) is 5.68. The smallest absolute Gasteiger partial charge is 0.146 e. The zero-order valence-electron chi connectivity index (χ0n) is 12.6. The Morgan fingerprint density at radius 3 is 2.65 bits per heavy atom. The summed E-state index contributed by atoms with van der Waals surface area (Å²) in [6.07, 6.45) is 3.50. The van der Waals surface area contributed by atoms with E-state index in [1.807, 2.05) is 30.3 Å². The van der Waals surface area contributed by atoms with Crippen molar-refractivity contribution >= 4 is 16.7 Å². The number of anilines is 1. The molecule has 20 heavy (non-hydrogen) atoms. The molecular weight excluding hydrogens is 248 g/mol. The van der Waals surface area contributed by atoms with E-state index in [0.717, 1.165) is 29.5 Å². The third-order valence-corrected chi connectivity index (χ3v) is 3.52. The molecule has 0 amide bonds. The molecule has 0 fully saturated rings. The Kier molecular flexibility index (Phi) is 4.83. The third-order valence-electron chi connectivity index (χ3n) is 3.52. The average Bonchev–Trinajstić information content (AvgIpc) is 2.43. The lowest BCUT2D eigenvalue weighted by Crippen LogP contribution is -2.16. The van der Waals surface area contributed by atoms with Gasteiger partial charge in [0, 0.05) is 5.39 Å². The number of aromatic nitrogens is 1. The minimum absolute atomic E-state index is 0.242. The molecule has 3 heteroatoms. The maximum atomic E-state index is 6.16. The van der Waals surface area contributed by atoms with Gasteiger partial charge in [0.1, 0.15) is 17.1 Å². The van der Waals surface area contributed by atoms with E-state index in [4.69, 9.17) is 10.5 Å². The van der Waals surface area contributed by atoms with Crippen molar-refractivity contribution in [2.24, 2.45) is 5.92 Å². The second-order valence-corrected chi connectivity index (χ2v) is 5.68. The van der Waals surface area contributed by atoms with Gasteiger partial charge in [0.25, 0.3) is 0 Å². The van der Waals surface area contributed by atoms with Gasteiger partial charge in [-0.1, -0.05) is 32.9 Å². The standard InChI is InChI=1S/C17H24N2O/c1-4-14(10-8-12(2)3)20-15-7-5-6-13-9-11-16(18)19-17(13)15/h5-7,9,11-12,14H,4,8,10H2,1-3H3,(H2,18,19). The number of fused-ring (bicyclic) bond motifs is 1. The highest BCUT2D eigenvalue weighted by Gasteiger charge is 2.12. The third kappa shape index (κ3) is 3.62. The lowest BCUT2D eigenvalue weighted by molar-refractivity contribution is 0.180. The van der Waals surface area contributed by atoms with Crippen molar-refractivity contribution in [2.45, 2.75) is 46.1 Å². The monoisotopic (exact) mass is 272 g/mol. The summed E-state index contributed by atoms with van der Waals surface area (Å²) in [5.41, 5.74) is 6.64. The van der Waals surface area contributed by atoms with Crippen LogP contribution in [0.15, 0.2) is 30.3 Å². The Hall–Kier alpha value is -1.77. The Labute approximate surface area is 121 Å². The van der Waals surface area contributed by atoms with Gasteiger partial charge in [0.15, 0.2) is 0 Å². The fourth-order valence-electron chi connectivity index (χ4n) is 2.28. The molecule has 0 saturated heterocycles.